The quantitative estimate of drug-likeness (QED) is 0.939. The molecule has 6 nitrogen and oxygen atoms in total. The van der Waals surface area contributed by atoms with Crippen molar-refractivity contribution in [2.45, 2.75) is 25.8 Å². The lowest BCUT2D eigenvalue weighted by molar-refractivity contribution is 0.207. The molecule has 116 valence electrons. The van der Waals surface area contributed by atoms with Gasteiger partial charge in [0.25, 0.3) is 0 Å². The smallest absolute Gasteiger partial charge is 0.324 e. The van der Waals surface area contributed by atoms with E-state index >= 15 is 0 Å². The van der Waals surface area contributed by atoms with Gasteiger partial charge in [-0.25, -0.2) is 4.79 Å². The second-order valence-electron chi connectivity index (χ2n) is 5.03. The van der Waals surface area contributed by atoms with Crippen LogP contribution in [0.4, 0.5) is 9.93 Å². The molecule has 7 heteroatoms. The Hall–Kier alpha value is -2.15. The predicted octanol–water partition coefficient (Wildman–Crippen LogP) is 3.31. The molecule has 1 N–H and O–H groups in total. The van der Waals surface area contributed by atoms with E-state index in [2.05, 4.69) is 15.5 Å². The van der Waals surface area contributed by atoms with Crippen LogP contribution < -0.4 is 10.1 Å². The molecule has 22 heavy (non-hydrogen) atoms. The van der Waals surface area contributed by atoms with Gasteiger partial charge >= 0.3 is 6.03 Å². The number of aromatic nitrogens is 2. The first-order valence-electron chi connectivity index (χ1n) is 7.34. The van der Waals surface area contributed by atoms with E-state index in [9.17, 15) is 4.79 Å². The first kappa shape index (κ1) is 14.8. The number of likely N-dealkylation sites (tertiary alicyclic amines) is 1. The number of nitrogens with zero attached hydrogens (tertiary/aromatic N) is 3. The summed E-state index contributed by atoms with van der Waals surface area (Å²) in [5.74, 6) is 0.856. The van der Waals surface area contributed by atoms with Gasteiger partial charge in [-0.3, -0.25) is 5.32 Å². The van der Waals surface area contributed by atoms with Crippen molar-refractivity contribution in [1.82, 2.24) is 15.1 Å². The minimum Gasteiger partial charge on any atom is -0.494 e. The second kappa shape index (κ2) is 6.74. The molecule has 3 rings (SSSR count). The van der Waals surface area contributed by atoms with Gasteiger partial charge in [0.15, 0.2) is 0 Å². The summed E-state index contributed by atoms with van der Waals surface area (Å²) in [5.41, 5.74) is 2.73. The molecule has 1 aromatic carbocycles. The van der Waals surface area contributed by atoms with Gasteiger partial charge in [-0.05, 0) is 37.5 Å². The molecule has 0 saturated carbocycles. The molecule has 2 aromatic rings. The number of carbonyl (C=O) groups excluding carboxylic acids is 1. The van der Waals surface area contributed by atoms with Gasteiger partial charge < -0.3 is 9.64 Å². The Labute approximate surface area is 133 Å². The summed E-state index contributed by atoms with van der Waals surface area (Å²) in [6, 6.07) is 7.96. The van der Waals surface area contributed by atoms with Crippen LogP contribution in [0.2, 0.25) is 0 Å². The molecule has 1 aromatic heterocycles. The number of benzene rings is 1. The molecule has 1 aliphatic heterocycles. The maximum atomic E-state index is 12.4. The molecule has 1 aliphatic rings. The highest BCUT2D eigenvalue weighted by Crippen LogP contribution is 2.33. The minimum atomic E-state index is -0.117. The number of hydrogen-bond donors (Lipinski definition) is 1. The first-order chi connectivity index (χ1) is 10.8. The van der Waals surface area contributed by atoms with Gasteiger partial charge in [0.05, 0.1) is 12.6 Å². The van der Waals surface area contributed by atoms with E-state index in [-0.39, 0.29) is 12.1 Å². The molecule has 2 amide bonds. The number of carbonyl (C=O) groups is 1. The molecule has 0 aliphatic carbocycles. The molecular formula is C15H18N4O2S. The first-order valence-corrected chi connectivity index (χ1v) is 8.22. The number of anilines is 1. The van der Waals surface area contributed by atoms with Gasteiger partial charge in [0, 0.05) is 6.54 Å². The minimum absolute atomic E-state index is 0.101. The lowest BCUT2D eigenvalue weighted by atomic mass is 10.0. The molecule has 1 atom stereocenters. The van der Waals surface area contributed by atoms with E-state index in [1.165, 1.54) is 11.3 Å². The monoisotopic (exact) mass is 318 g/mol. The molecular weight excluding hydrogens is 300 g/mol. The third-order valence-electron chi connectivity index (χ3n) is 3.66. The normalized spacial score (nSPS) is 17.5. The van der Waals surface area contributed by atoms with Crippen LogP contribution >= 0.6 is 11.3 Å². The van der Waals surface area contributed by atoms with E-state index in [1.807, 2.05) is 36.1 Å². The summed E-state index contributed by atoms with van der Waals surface area (Å²) in [6.07, 6.45) is 1.97. The van der Waals surface area contributed by atoms with Gasteiger partial charge in [-0.15, -0.1) is 10.2 Å². The van der Waals surface area contributed by atoms with Crippen molar-refractivity contribution < 1.29 is 9.53 Å². The van der Waals surface area contributed by atoms with Gasteiger partial charge in [0.2, 0.25) is 5.13 Å². The molecule has 2 heterocycles. The average molecular weight is 318 g/mol. The van der Waals surface area contributed by atoms with Crippen molar-refractivity contribution >= 4 is 22.5 Å². The Balaban J connectivity index is 1.70. The van der Waals surface area contributed by atoms with Crippen LogP contribution in [-0.2, 0) is 0 Å². The van der Waals surface area contributed by atoms with Gasteiger partial charge in [0.1, 0.15) is 11.3 Å². The third kappa shape index (κ3) is 3.19. The number of ether oxygens (including phenoxy) is 1. The number of urea groups is 1. The van der Waals surface area contributed by atoms with Crippen molar-refractivity contribution in [3.05, 3.63) is 35.3 Å². The van der Waals surface area contributed by atoms with Crippen molar-refractivity contribution in [3.63, 3.8) is 0 Å². The van der Waals surface area contributed by atoms with E-state index in [4.69, 9.17) is 4.74 Å². The summed E-state index contributed by atoms with van der Waals surface area (Å²) in [4.78, 5) is 14.3. The van der Waals surface area contributed by atoms with E-state index in [0.717, 1.165) is 30.7 Å². The van der Waals surface area contributed by atoms with Crippen LogP contribution in [0.15, 0.2) is 29.8 Å². The Morgan fingerprint density at radius 3 is 2.95 bits per heavy atom. The Bertz CT molecular complexity index is 615. The van der Waals surface area contributed by atoms with Crippen molar-refractivity contribution in [3.8, 4) is 5.75 Å². The topological polar surface area (TPSA) is 67.3 Å². The average Bonchev–Trinajstić information content (AvgIpc) is 3.19. The molecule has 0 bridgehead atoms. The SMILES string of the molecule is CCOc1ccc([C@@H]2CCCN2C(=O)Nc2nncs2)cc1. The lowest BCUT2D eigenvalue weighted by Gasteiger charge is -2.24. The Kier molecular flexibility index (Phi) is 4.53. The molecule has 0 spiro atoms. The van der Waals surface area contributed by atoms with Crippen LogP contribution in [0, 0.1) is 0 Å². The van der Waals surface area contributed by atoms with Crippen LogP contribution in [0.3, 0.4) is 0 Å². The third-order valence-corrected chi connectivity index (χ3v) is 4.27. The maximum Gasteiger partial charge on any atom is 0.324 e. The number of amides is 2. The molecule has 0 unspecified atom stereocenters. The summed E-state index contributed by atoms with van der Waals surface area (Å²) in [6.45, 7) is 3.37. The fourth-order valence-electron chi connectivity index (χ4n) is 2.70. The van der Waals surface area contributed by atoms with Crippen LogP contribution in [0.5, 0.6) is 5.75 Å². The fourth-order valence-corrected chi connectivity index (χ4v) is 3.13. The van der Waals surface area contributed by atoms with Crippen molar-refractivity contribution in [1.29, 1.82) is 0 Å². The summed E-state index contributed by atoms with van der Waals surface area (Å²) in [5, 5.41) is 10.9. The van der Waals surface area contributed by atoms with Crippen LogP contribution in [0.1, 0.15) is 31.4 Å². The molecule has 1 fully saturated rings. The zero-order chi connectivity index (χ0) is 15.4. The lowest BCUT2D eigenvalue weighted by Crippen LogP contribution is -2.34. The largest absolute Gasteiger partial charge is 0.494 e. The second-order valence-corrected chi connectivity index (χ2v) is 5.86. The summed E-state index contributed by atoms with van der Waals surface area (Å²) >= 11 is 1.32. The van der Waals surface area contributed by atoms with Gasteiger partial charge in [-0.2, -0.15) is 0 Å². The highest BCUT2D eigenvalue weighted by Gasteiger charge is 2.30. The van der Waals surface area contributed by atoms with Gasteiger partial charge in [-0.1, -0.05) is 23.5 Å². The zero-order valence-electron chi connectivity index (χ0n) is 12.4. The van der Waals surface area contributed by atoms with E-state index in [0.29, 0.717) is 11.7 Å². The van der Waals surface area contributed by atoms with Crippen LogP contribution in [0.25, 0.3) is 0 Å². The summed E-state index contributed by atoms with van der Waals surface area (Å²) < 4.78 is 5.46. The summed E-state index contributed by atoms with van der Waals surface area (Å²) in [7, 11) is 0. The fraction of sp³-hybridized carbons (Fsp3) is 0.400. The molecule has 0 radical (unpaired) electrons. The standard InChI is InChI=1S/C15H18N4O2S/c1-2-21-12-7-5-11(6-8-12)13-4-3-9-19(13)15(20)17-14-18-16-10-22-14/h5-8,10,13H,2-4,9H2,1H3,(H,17,18,20)/t13-/m0/s1. The van der Waals surface area contributed by atoms with E-state index < -0.39 is 0 Å². The number of rotatable bonds is 4. The van der Waals surface area contributed by atoms with E-state index in [1.54, 1.807) is 5.51 Å². The zero-order valence-corrected chi connectivity index (χ0v) is 13.2. The number of nitrogens with one attached hydrogen (secondary N) is 1. The Morgan fingerprint density at radius 1 is 1.45 bits per heavy atom. The van der Waals surface area contributed by atoms with Crippen molar-refractivity contribution in [2.24, 2.45) is 0 Å². The Morgan fingerprint density at radius 2 is 2.27 bits per heavy atom. The predicted molar refractivity (Wildman–Crippen MR) is 85.2 cm³/mol. The molecule has 1 saturated heterocycles. The highest BCUT2D eigenvalue weighted by molar-refractivity contribution is 7.13. The van der Waals surface area contributed by atoms with Crippen molar-refractivity contribution in [2.75, 3.05) is 18.5 Å². The maximum absolute atomic E-state index is 12.4. The van der Waals surface area contributed by atoms with Crippen LogP contribution in [-0.4, -0.2) is 34.3 Å². The number of hydrogen-bond acceptors (Lipinski definition) is 5. The highest BCUT2D eigenvalue weighted by atomic mass is 32.1.